The minimum Gasteiger partial charge on any atom is -0.374 e. The highest BCUT2D eigenvalue weighted by molar-refractivity contribution is 4.88. The Morgan fingerprint density at radius 2 is 2.08 bits per heavy atom. The largest absolute Gasteiger partial charge is 0.374 e. The van der Waals surface area contributed by atoms with Crippen LogP contribution in [-0.4, -0.2) is 24.3 Å². The van der Waals surface area contributed by atoms with Crippen LogP contribution in [0.4, 0.5) is 0 Å². The van der Waals surface area contributed by atoms with Gasteiger partial charge in [0, 0.05) is 5.54 Å². The summed E-state index contributed by atoms with van der Waals surface area (Å²) in [5.74, 6) is 0. The fourth-order valence-corrected chi connectivity index (χ4v) is 1.46. The zero-order chi connectivity index (χ0) is 9.24. The molecule has 1 aliphatic rings. The molecule has 1 aliphatic heterocycles. The zero-order valence-corrected chi connectivity index (χ0v) is 8.74. The van der Waals surface area contributed by atoms with Crippen LogP contribution in [0.2, 0.25) is 0 Å². The van der Waals surface area contributed by atoms with Crippen LogP contribution < -0.4 is 5.32 Å². The maximum Gasteiger partial charge on any atom is 0.0652 e. The van der Waals surface area contributed by atoms with Crippen molar-refractivity contribution >= 4 is 0 Å². The summed E-state index contributed by atoms with van der Waals surface area (Å²) in [5.41, 5.74) is 0.223. The van der Waals surface area contributed by atoms with Gasteiger partial charge in [-0.2, -0.15) is 0 Å². The van der Waals surface area contributed by atoms with Gasteiger partial charge in [-0.3, -0.25) is 0 Å². The Bertz CT molecular complexity index is 142. The van der Waals surface area contributed by atoms with Crippen LogP contribution in [0.15, 0.2) is 0 Å². The van der Waals surface area contributed by atoms with Crippen LogP contribution in [0.3, 0.4) is 0 Å². The van der Waals surface area contributed by atoms with Crippen molar-refractivity contribution in [2.45, 2.75) is 51.7 Å². The standard InChI is InChI=1S/C10H21NO/c1-9(2,3)12-8-10(4)6-5-7-11-10/h11H,5-8H2,1-4H3/t10-/m0/s1. The van der Waals surface area contributed by atoms with Crippen LogP contribution in [-0.2, 0) is 4.74 Å². The minimum atomic E-state index is -0.00667. The molecule has 1 saturated heterocycles. The van der Waals surface area contributed by atoms with E-state index in [2.05, 4.69) is 33.0 Å². The fraction of sp³-hybridized carbons (Fsp3) is 1.00. The van der Waals surface area contributed by atoms with Crippen LogP contribution in [0.25, 0.3) is 0 Å². The van der Waals surface area contributed by atoms with Crippen molar-refractivity contribution in [3.8, 4) is 0 Å². The lowest BCUT2D eigenvalue weighted by Crippen LogP contribution is -2.43. The third-order valence-corrected chi connectivity index (χ3v) is 2.28. The predicted octanol–water partition coefficient (Wildman–Crippen LogP) is 1.94. The molecule has 0 spiro atoms. The summed E-state index contributed by atoms with van der Waals surface area (Å²) in [5, 5.41) is 3.48. The molecule has 2 heteroatoms. The molecule has 2 nitrogen and oxygen atoms in total. The lowest BCUT2D eigenvalue weighted by Gasteiger charge is -2.29. The Morgan fingerprint density at radius 1 is 1.42 bits per heavy atom. The molecule has 0 aromatic rings. The van der Waals surface area contributed by atoms with Gasteiger partial charge in [-0.1, -0.05) is 0 Å². The summed E-state index contributed by atoms with van der Waals surface area (Å²) < 4.78 is 5.75. The van der Waals surface area contributed by atoms with E-state index >= 15 is 0 Å². The second-order valence-corrected chi connectivity index (χ2v) is 4.99. The van der Waals surface area contributed by atoms with Gasteiger partial charge in [-0.15, -0.1) is 0 Å². The molecule has 72 valence electrons. The zero-order valence-electron chi connectivity index (χ0n) is 8.74. The molecular weight excluding hydrogens is 150 g/mol. The van der Waals surface area contributed by atoms with E-state index in [0.29, 0.717) is 0 Å². The van der Waals surface area contributed by atoms with Gasteiger partial charge < -0.3 is 10.1 Å². The van der Waals surface area contributed by atoms with Gasteiger partial charge in [0.05, 0.1) is 12.2 Å². The third kappa shape index (κ3) is 3.11. The van der Waals surface area contributed by atoms with Crippen molar-refractivity contribution in [1.29, 1.82) is 0 Å². The van der Waals surface area contributed by atoms with Gasteiger partial charge >= 0.3 is 0 Å². The smallest absolute Gasteiger partial charge is 0.0652 e. The quantitative estimate of drug-likeness (QED) is 0.685. The van der Waals surface area contributed by atoms with Gasteiger partial charge in [0.25, 0.3) is 0 Å². The average Bonchev–Trinajstić information content (AvgIpc) is 2.32. The van der Waals surface area contributed by atoms with Crippen LogP contribution in [0, 0.1) is 0 Å². The molecule has 1 heterocycles. The summed E-state index contributed by atoms with van der Waals surface area (Å²) in [4.78, 5) is 0. The number of ether oxygens (including phenoxy) is 1. The van der Waals surface area contributed by atoms with Crippen molar-refractivity contribution in [3.63, 3.8) is 0 Å². The van der Waals surface area contributed by atoms with E-state index in [9.17, 15) is 0 Å². The van der Waals surface area contributed by atoms with E-state index in [-0.39, 0.29) is 11.1 Å². The molecular formula is C10H21NO. The maximum absolute atomic E-state index is 5.75. The maximum atomic E-state index is 5.75. The lowest BCUT2D eigenvalue weighted by molar-refractivity contribution is -0.0299. The average molecular weight is 171 g/mol. The molecule has 0 unspecified atom stereocenters. The minimum absolute atomic E-state index is 0.00667. The normalized spacial score (nSPS) is 31.0. The summed E-state index contributed by atoms with van der Waals surface area (Å²) in [6, 6.07) is 0. The number of hydrogen-bond acceptors (Lipinski definition) is 2. The van der Waals surface area contributed by atoms with Crippen LogP contribution >= 0.6 is 0 Å². The van der Waals surface area contributed by atoms with Gasteiger partial charge in [-0.25, -0.2) is 0 Å². The SMILES string of the molecule is CC(C)(C)OC[C@]1(C)CCCN1. The van der Waals surface area contributed by atoms with Gasteiger partial charge in [-0.05, 0) is 47.1 Å². The molecule has 0 radical (unpaired) electrons. The Kier molecular flexibility index (Phi) is 2.79. The van der Waals surface area contributed by atoms with Crippen molar-refractivity contribution in [3.05, 3.63) is 0 Å². The molecule has 0 saturated carbocycles. The predicted molar refractivity (Wildman–Crippen MR) is 51.3 cm³/mol. The molecule has 1 atom stereocenters. The van der Waals surface area contributed by atoms with Crippen molar-refractivity contribution in [2.75, 3.05) is 13.2 Å². The second-order valence-electron chi connectivity index (χ2n) is 4.99. The van der Waals surface area contributed by atoms with E-state index in [0.717, 1.165) is 13.2 Å². The Labute approximate surface area is 75.7 Å². The molecule has 0 bridgehead atoms. The monoisotopic (exact) mass is 171 g/mol. The Hall–Kier alpha value is -0.0800. The molecule has 1 fully saturated rings. The first-order valence-corrected chi connectivity index (χ1v) is 4.80. The van der Waals surface area contributed by atoms with Crippen LogP contribution in [0.5, 0.6) is 0 Å². The van der Waals surface area contributed by atoms with E-state index in [1.54, 1.807) is 0 Å². The molecule has 1 N–H and O–H groups in total. The van der Waals surface area contributed by atoms with Gasteiger partial charge in [0.1, 0.15) is 0 Å². The lowest BCUT2D eigenvalue weighted by atomic mass is 10.0. The molecule has 0 aliphatic carbocycles. The highest BCUT2D eigenvalue weighted by atomic mass is 16.5. The van der Waals surface area contributed by atoms with Crippen molar-refractivity contribution in [2.24, 2.45) is 0 Å². The number of hydrogen-bond donors (Lipinski definition) is 1. The fourth-order valence-electron chi connectivity index (χ4n) is 1.46. The first-order valence-electron chi connectivity index (χ1n) is 4.80. The molecule has 0 aromatic carbocycles. The van der Waals surface area contributed by atoms with E-state index in [1.165, 1.54) is 12.8 Å². The van der Waals surface area contributed by atoms with E-state index < -0.39 is 0 Å². The summed E-state index contributed by atoms with van der Waals surface area (Å²) in [7, 11) is 0. The van der Waals surface area contributed by atoms with Gasteiger partial charge in [0.2, 0.25) is 0 Å². The van der Waals surface area contributed by atoms with E-state index in [4.69, 9.17) is 4.74 Å². The Morgan fingerprint density at radius 3 is 2.50 bits per heavy atom. The topological polar surface area (TPSA) is 21.3 Å². The highest BCUT2D eigenvalue weighted by Crippen LogP contribution is 2.21. The van der Waals surface area contributed by atoms with Crippen molar-refractivity contribution in [1.82, 2.24) is 5.32 Å². The third-order valence-electron chi connectivity index (χ3n) is 2.28. The van der Waals surface area contributed by atoms with Crippen LogP contribution in [0.1, 0.15) is 40.5 Å². The molecule has 12 heavy (non-hydrogen) atoms. The highest BCUT2D eigenvalue weighted by Gasteiger charge is 2.29. The summed E-state index contributed by atoms with van der Waals surface area (Å²) in [6.45, 7) is 10.5. The molecule has 1 rings (SSSR count). The van der Waals surface area contributed by atoms with E-state index in [1.807, 2.05) is 0 Å². The van der Waals surface area contributed by atoms with Crippen molar-refractivity contribution < 1.29 is 4.74 Å². The number of rotatable bonds is 2. The number of nitrogens with one attached hydrogen (secondary N) is 1. The molecule has 0 aromatic heterocycles. The Balaban J connectivity index is 2.30. The first-order chi connectivity index (χ1) is 5.41. The second kappa shape index (κ2) is 3.35. The first kappa shape index (κ1) is 10.0. The summed E-state index contributed by atoms with van der Waals surface area (Å²) in [6.07, 6.45) is 2.52. The van der Waals surface area contributed by atoms with Gasteiger partial charge in [0.15, 0.2) is 0 Å². The molecule has 0 amide bonds. The summed E-state index contributed by atoms with van der Waals surface area (Å²) >= 11 is 0.